The fraction of sp³-hybridized carbons (Fsp3) is 0.312. The molecule has 0 bridgehead atoms. The van der Waals surface area contributed by atoms with E-state index < -0.39 is 0 Å². The molecule has 0 aliphatic rings. The Hall–Kier alpha value is -2.15. The monoisotopic (exact) mass is 378 g/mol. The summed E-state index contributed by atoms with van der Waals surface area (Å²) in [5.74, 6) is 0.490. The molecule has 0 saturated heterocycles. The summed E-state index contributed by atoms with van der Waals surface area (Å²) in [6, 6.07) is 7.51. The summed E-state index contributed by atoms with van der Waals surface area (Å²) in [5, 5.41) is 8.27. The summed E-state index contributed by atoms with van der Waals surface area (Å²) >= 11 is 3.44. The van der Waals surface area contributed by atoms with Crippen molar-refractivity contribution in [1.82, 2.24) is 15.2 Å². The molecule has 0 fully saturated rings. The molecule has 122 valence electrons. The number of carbonyl (C=O) groups excluding carboxylic acids is 1. The average molecular weight is 379 g/mol. The molecular formula is C16H19BrN4O2. The zero-order valence-electron chi connectivity index (χ0n) is 13.3. The number of ether oxygens (including phenoxy) is 1. The Morgan fingerprint density at radius 3 is 2.83 bits per heavy atom. The molecular weight excluding hydrogens is 360 g/mol. The molecule has 1 amide bonds. The average Bonchev–Trinajstić information content (AvgIpc) is 2.76. The molecule has 2 aromatic rings. The number of rotatable bonds is 6. The molecule has 0 unspecified atom stereocenters. The van der Waals surface area contributed by atoms with Crippen LogP contribution in [0.4, 0.5) is 0 Å². The quantitative estimate of drug-likeness (QED) is 0.620. The standard InChI is InChI=1S/C16H19BrN4O2/c1-4-23-14-8-6-5-7-13(14)9-18-19-15(22)10-21-12(3)16(17)11(2)20-21/h5-9H,4,10H2,1-3H3,(H,19,22)/b18-9+. The summed E-state index contributed by atoms with van der Waals surface area (Å²) in [4.78, 5) is 12.0. The molecule has 1 aromatic carbocycles. The Balaban J connectivity index is 1.98. The minimum Gasteiger partial charge on any atom is -0.493 e. The largest absolute Gasteiger partial charge is 0.493 e. The fourth-order valence-electron chi connectivity index (χ4n) is 2.05. The van der Waals surface area contributed by atoms with Gasteiger partial charge in [0.1, 0.15) is 12.3 Å². The number of aryl methyl sites for hydroxylation is 1. The Morgan fingerprint density at radius 1 is 1.43 bits per heavy atom. The van der Waals surface area contributed by atoms with E-state index in [2.05, 4.69) is 31.6 Å². The number of carbonyl (C=O) groups is 1. The SMILES string of the molecule is CCOc1ccccc1/C=N/NC(=O)Cn1nc(C)c(Br)c1C. The van der Waals surface area contributed by atoms with Crippen LogP contribution in [-0.2, 0) is 11.3 Å². The third-order valence-corrected chi connectivity index (χ3v) is 4.35. The van der Waals surface area contributed by atoms with E-state index in [1.54, 1.807) is 10.9 Å². The van der Waals surface area contributed by atoms with E-state index in [4.69, 9.17) is 4.74 Å². The lowest BCUT2D eigenvalue weighted by Crippen LogP contribution is -2.24. The third-order valence-electron chi connectivity index (χ3n) is 3.20. The Bertz CT molecular complexity index is 725. The minimum absolute atomic E-state index is 0.114. The Morgan fingerprint density at radius 2 is 2.17 bits per heavy atom. The molecule has 2 rings (SSSR count). The predicted molar refractivity (Wildman–Crippen MR) is 92.7 cm³/mol. The van der Waals surface area contributed by atoms with Crippen molar-refractivity contribution in [1.29, 1.82) is 0 Å². The van der Waals surface area contributed by atoms with Crippen LogP contribution in [0.1, 0.15) is 23.9 Å². The highest BCUT2D eigenvalue weighted by molar-refractivity contribution is 9.10. The number of hydrazone groups is 1. The first-order valence-corrected chi connectivity index (χ1v) is 8.05. The van der Waals surface area contributed by atoms with Crippen molar-refractivity contribution in [3.05, 3.63) is 45.7 Å². The first kappa shape index (κ1) is 17.2. The van der Waals surface area contributed by atoms with Gasteiger partial charge in [-0.3, -0.25) is 9.48 Å². The van der Waals surface area contributed by atoms with Crippen molar-refractivity contribution in [3.8, 4) is 5.75 Å². The van der Waals surface area contributed by atoms with Crippen LogP contribution in [0.3, 0.4) is 0 Å². The van der Waals surface area contributed by atoms with Gasteiger partial charge in [-0.05, 0) is 48.8 Å². The lowest BCUT2D eigenvalue weighted by atomic mass is 10.2. The number of para-hydroxylation sites is 1. The highest BCUT2D eigenvalue weighted by Gasteiger charge is 2.11. The number of hydrogen-bond donors (Lipinski definition) is 1. The number of amides is 1. The molecule has 6 nitrogen and oxygen atoms in total. The van der Waals surface area contributed by atoms with Crippen LogP contribution in [0, 0.1) is 13.8 Å². The maximum atomic E-state index is 12.0. The molecule has 1 heterocycles. The second-order valence-corrected chi connectivity index (χ2v) is 5.70. The Kier molecular flexibility index (Phi) is 5.92. The van der Waals surface area contributed by atoms with Crippen molar-refractivity contribution < 1.29 is 9.53 Å². The van der Waals surface area contributed by atoms with E-state index in [0.717, 1.165) is 27.2 Å². The lowest BCUT2D eigenvalue weighted by molar-refractivity contribution is -0.121. The molecule has 1 aromatic heterocycles. The number of aromatic nitrogens is 2. The molecule has 0 aliphatic carbocycles. The third kappa shape index (κ3) is 4.41. The van der Waals surface area contributed by atoms with E-state index in [-0.39, 0.29) is 12.5 Å². The van der Waals surface area contributed by atoms with Crippen LogP contribution in [-0.4, -0.2) is 28.5 Å². The van der Waals surface area contributed by atoms with Gasteiger partial charge in [0, 0.05) is 5.56 Å². The van der Waals surface area contributed by atoms with Crippen molar-refractivity contribution >= 4 is 28.1 Å². The maximum absolute atomic E-state index is 12.0. The summed E-state index contributed by atoms with van der Waals surface area (Å²) in [7, 11) is 0. The molecule has 0 spiro atoms. The van der Waals surface area contributed by atoms with Gasteiger partial charge in [-0.2, -0.15) is 10.2 Å². The van der Waals surface area contributed by atoms with Gasteiger partial charge in [0.25, 0.3) is 5.91 Å². The van der Waals surface area contributed by atoms with Gasteiger partial charge in [0.15, 0.2) is 0 Å². The molecule has 0 saturated carbocycles. The molecule has 7 heteroatoms. The smallest absolute Gasteiger partial charge is 0.261 e. The first-order chi connectivity index (χ1) is 11.0. The van der Waals surface area contributed by atoms with Crippen LogP contribution in [0.5, 0.6) is 5.75 Å². The van der Waals surface area contributed by atoms with E-state index in [1.807, 2.05) is 45.0 Å². The van der Waals surface area contributed by atoms with Gasteiger partial charge in [0.2, 0.25) is 0 Å². The zero-order chi connectivity index (χ0) is 16.8. The number of hydrogen-bond acceptors (Lipinski definition) is 4. The predicted octanol–water partition coefficient (Wildman–Crippen LogP) is 2.81. The number of halogens is 1. The van der Waals surface area contributed by atoms with E-state index in [0.29, 0.717) is 6.61 Å². The lowest BCUT2D eigenvalue weighted by Gasteiger charge is -2.06. The molecule has 0 aliphatic heterocycles. The van der Waals surface area contributed by atoms with Gasteiger partial charge in [0.05, 0.1) is 28.7 Å². The van der Waals surface area contributed by atoms with Crippen molar-refractivity contribution in [3.63, 3.8) is 0 Å². The second-order valence-electron chi connectivity index (χ2n) is 4.91. The molecule has 0 atom stereocenters. The van der Waals surface area contributed by atoms with Gasteiger partial charge in [-0.15, -0.1) is 0 Å². The number of nitrogens with zero attached hydrogens (tertiary/aromatic N) is 3. The number of nitrogens with one attached hydrogen (secondary N) is 1. The van der Waals surface area contributed by atoms with E-state index in [1.165, 1.54) is 0 Å². The molecule has 1 N–H and O–H groups in total. The van der Waals surface area contributed by atoms with Crippen LogP contribution in [0.25, 0.3) is 0 Å². The van der Waals surface area contributed by atoms with Crippen LogP contribution < -0.4 is 10.2 Å². The van der Waals surface area contributed by atoms with Crippen molar-refractivity contribution in [2.45, 2.75) is 27.3 Å². The first-order valence-electron chi connectivity index (χ1n) is 7.26. The van der Waals surface area contributed by atoms with Gasteiger partial charge < -0.3 is 4.74 Å². The van der Waals surface area contributed by atoms with Crippen LogP contribution in [0.15, 0.2) is 33.8 Å². The Labute approximate surface area is 143 Å². The van der Waals surface area contributed by atoms with Gasteiger partial charge in [-0.25, -0.2) is 5.43 Å². The van der Waals surface area contributed by atoms with E-state index >= 15 is 0 Å². The molecule has 23 heavy (non-hydrogen) atoms. The second kappa shape index (κ2) is 7.92. The van der Waals surface area contributed by atoms with Gasteiger partial charge >= 0.3 is 0 Å². The highest BCUT2D eigenvalue weighted by atomic mass is 79.9. The summed E-state index contributed by atoms with van der Waals surface area (Å²) in [6.45, 7) is 6.39. The van der Waals surface area contributed by atoms with Crippen molar-refractivity contribution in [2.24, 2.45) is 5.10 Å². The highest BCUT2D eigenvalue weighted by Crippen LogP contribution is 2.19. The summed E-state index contributed by atoms with van der Waals surface area (Å²) in [5.41, 5.74) is 5.07. The minimum atomic E-state index is -0.242. The van der Waals surface area contributed by atoms with E-state index in [9.17, 15) is 4.79 Å². The fourth-order valence-corrected chi connectivity index (χ4v) is 2.33. The van der Waals surface area contributed by atoms with Crippen molar-refractivity contribution in [2.75, 3.05) is 6.61 Å². The summed E-state index contributed by atoms with van der Waals surface area (Å²) < 4.78 is 8.05. The zero-order valence-corrected chi connectivity index (χ0v) is 14.9. The topological polar surface area (TPSA) is 68.5 Å². The van der Waals surface area contributed by atoms with Gasteiger partial charge in [-0.1, -0.05) is 12.1 Å². The maximum Gasteiger partial charge on any atom is 0.261 e. The normalized spacial score (nSPS) is 11.0. The summed E-state index contributed by atoms with van der Waals surface area (Å²) in [6.07, 6.45) is 1.57. The van der Waals surface area contributed by atoms with Crippen LogP contribution >= 0.6 is 15.9 Å². The molecule has 0 radical (unpaired) electrons. The number of benzene rings is 1. The van der Waals surface area contributed by atoms with Crippen LogP contribution in [0.2, 0.25) is 0 Å².